The lowest BCUT2D eigenvalue weighted by atomic mass is 10.0. The van der Waals surface area contributed by atoms with Crippen molar-refractivity contribution in [2.24, 2.45) is 0 Å². The second-order valence-electron chi connectivity index (χ2n) is 15.9. The van der Waals surface area contributed by atoms with Gasteiger partial charge in [0.15, 0.2) is 0 Å². The van der Waals surface area contributed by atoms with Crippen molar-refractivity contribution in [3.05, 3.63) is 95.4 Å². The number of carbonyl (C=O) groups excluding carboxylic acids is 5. The summed E-state index contributed by atoms with van der Waals surface area (Å²) in [4.78, 5) is 77.9. The summed E-state index contributed by atoms with van der Waals surface area (Å²) in [6.45, 7) is 4.61. The quantitative estimate of drug-likeness (QED) is 0.123. The molecule has 0 bridgehead atoms. The van der Waals surface area contributed by atoms with Gasteiger partial charge in [-0.15, -0.1) is 0 Å². The summed E-state index contributed by atoms with van der Waals surface area (Å²) in [5.41, 5.74) is 4.19. The molecule has 18 heteroatoms. The maximum atomic E-state index is 15.4. The summed E-state index contributed by atoms with van der Waals surface area (Å²) in [5, 5.41) is 12.9. The van der Waals surface area contributed by atoms with Crippen molar-refractivity contribution < 1.29 is 37.5 Å². The molecule has 0 radical (unpaired) electrons. The molecule has 4 aliphatic heterocycles. The van der Waals surface area contributed by atoms with Crippen molar-refractivity contribution in [1.29, 1.82) is 0 Å². The number of morpholine rings is 1. The van der Waals surface area contributed by atoms with E-state index in [2.05, 4.69) is 30.9 Å². The van der Waals surface area contributed by atoms with Crippen LogP contribution in [0, 0.1) is 11.6 Å². The Labute approximate surface area is 354 Å². The van der Waals surface area contributed by atoms with Gasteiger partial charge in [-0.2, -0.15) is 5.10 Å². The van der Waals surface area contributed by atoms with E-state index in [9.17, 15) is 24.0 Å². The molecule has 0 saturated carbocycles. The van der Waals surface area contributed by atoms with Gasteiger partial charge < -0.3 is 15.4 Å². The van der Waals surface area contributed by atoms with E-state index in [0.717, 1.165) is 23.3 Å². The first-order valence-corrected chi connectivity index (χ1v) is 20.8. The summed E-state index contributed by atoms with van der Waals surface area (Å²) in [7, 11) is 0. The number of hydrogen-bond acceptors (Lipinski definition) is 12. The Morgan fingerprint density at radius 1 is 0.855 bits per heavy atom. The molecule has 5 aromatic rings. The van der Waals surface area contributed by atoms with E-state index in [4.69, 9.17) is 9.72 Å². The van der Waals surface area contributed by atoms with E-state index < -0.39 is 41.3 Å². The number of hydrogen-bond donors (Lipinski definition) is 3. The van der Waals surface area contributed by atoms with Crippen LogP contribution in [-0.4, -0.2) is 129 Å². The zero-order valence-corrected chi connectivity index (χ0v) is 33.7. The normalized spacial score (nSPS) is 18.9. The molecule has 0 aliphatic carbocycles. The number of anilines is 1. The third-order valence-corrected chi connectivity index (χ3v) is 11.9. The first-order chi connectivity index (χ1) is 30.1. The number of benzene rings is 3. The van der Waals surface area contributed by atoms with E-state index in [0.29, 0.717) is 72.9 Å². The van der Waals surface area contributed by atoms with E-state index >= 15 is 8.78 Å². The summed E-state index contributed by atoms with van der Waals surface area (Å²) >= 11 is 0. The highest BCUT2D eigenvalue weighted by Gasteiger charge is 2.45. The van der Waals surface area contributed by atoms with Gasteiger partial charge in [0, 0.05) is 80.8 Å². The monoisotopic (exact) mass is 846 g/mol. The molecule has 0 spiro atoms. The van der Waals surface area contributed by atoms with Crippen LogP contribution in [0.5, 0.6) is 0 Å². The molecule has 3 saturated heterocycles. The van der Waals surface area contributed by atoms with Crippen molar-refractivity contribution >= 4 is 46.3 Å². The van der Waals surface area contributed by atoms with Gasteiger partial charge >= 0.3 is 0 Å². The Kier molecular flexibility index (Phi) is 11.5. The molecule has 1 unspecified atom stereocenters. The second-order valence-corrected chi connectivity index (χ2v) is 15.9. The number of para-hydroxylation sites is 1. The predicted octanol–water partition coefficient (Wildman–Crippen LogP) is 3.54. The number of aromatic nitrogens is 4. The maximum absolute atomic E-state index is 15.4. The number of nitrogens with zero attached hydrogens (tertiary/aromatic N) is 7. The highest BCUT2D eigenvalue weighted by atomic mass is 19.1. The summed E-state index contributed by atoms with van der Waals surface area (Å²) in [5.74, 6) is -3.66. The molecule has 6 heterocycles. The average Bonchev–Trinajstić information content (AvgIpc) is 3.87. The first-order valence-electron chi connectivity index (χ1n) is 20.8. The van der Waals surface area contributed by atoms with Gasteiger partial charge in [0.1, 0.15) is 17.7 Å². The predicted molar refractivity (Wildman–Crippen MR) is 222 cm³/mol. The lowest BCUT2D eigenvalue weighted by Gasteiger charge is -2.31. The first kappa shape index (κ1) is 40.9. The van der Waals surface area contributed by atoms with Gasteiger partial charge in [0.2, 0.25) is 17.7 Å². The van der Waals surface area contributed by atoms with Crippen molar-refractivity contribution in [1.82, 2.24) is 45.1 Å². The number of piperidine rings is 2. The van der Waals surface area contributed by atoms with Crippen LogP contribution in [0.1, 0.15) is 58.0 Å². The van der Waals surface area contributed by atoms with Crippen molar-refractivity contribution in [3.8, 4) is 22.4 Å². The molecular weight excluding hydrogens is 803 g/mol. The topological polar surface area (TPSA) is 184 Å². The van der Waals surface area contributed by atoms with Crippen LogP contribution in [0.2, 0.25) is 0 Å². The largest absolute Gasteiger partial charge is 0.383 e. The lowest BCUT2D eigenvalue weighted by Crippen LogP contribution is -2.54. The molecule has 4 aliphatic rings. The van der Waals surface area contributed by atoms with Crippen LogP contribution in [0.3, 0.4) is 0 Å². The molecule has 16 nitrogen and oxygen atoms in total. The number of imide groups is 2. The van der Waals surface area contributed by atoms with Crippen molar-refractivity contribution in [3.63, 3.8) is 0 Å². The van der Waals surface area contributed by atoms with Gasteiger partial charge in [0.25, 0.3) is 11.8 Å². The number of halogens is 2. The fraction of sp³-hybridized carbons (Fsp3) is 0.364. The van der Waals surface area contributed by atoms with Crippen LogP contribution < -0.4 is 16.0 Å². The molecule has 5 amide bonds. The Morgan fingerprint density at radius 2 is 1.61 bits per heavy atom. The standard InChI is InChI=1S/C44H44F2N10O6/c45-32-19-26(20-33(46)31(32)24-54-15-17-62-18-16-54)29-3-1-6-35-41(29)51-36(22-49-35)27-21-50-55(23-27)28-9-13-53(14-10-28)25-39(58)48-12-11-47-34-5-2-4-30-40(34)44(61)56(43(30)60)37-7-8-38(57)52-42(37)59/h1-6,19-23,28,37,47H,7-18,24-25H2,(H,48,58)(H,52,57,59). The van der Waals surface area contributed by atoms with Crippen LogP contribution in [0.15, 0.2) is 67.1 Å². The van der Waals surface area contributed by atoms with Gasteiger partial charge in [-0.25, -0.2) is 13.8 Å². The fourth-order valence-electron chi connectivity index (χ4n) is 8.63. The minimum Gasteiger partial charge on any atom is -0.383 e. The number of nitrogens with one attached hydrogen (secondary N) is 3. The highest BCUT2D eigenvalue weighted by Crippen LogP contribution is 2.34. The number of amides is 5. The van der Waals surface area contributed by atoms with Crippen LogP contribution in [-0.2, 0) is 25.7 Å². The van der Waals surface area contributed by atoms with Gasteiger partial charge in [0.05, 0.1) is 66.0 Å². The van der Waals surface area contributed by atoms with Crippen LogP contribution >= 0.6 is 0 Å². The van der Waals surface area contributed by atoms with Crippen LogP contribution in [0.4, 0.5) is 14.5 Å². The summed E-state index contributed by atoms with van der Waals surface area (Å²) in [6.07, 6.45) is 6.97. The van der Waals surface area contributed by atoms with E-state index in [1.54, 1.807) is 36.7 Å². The SMILES string of the molecule is O=C(CN1CCC(n2cc(-c3cnc4cccc(-c5cc(F)c(CN6CCOCC6)c(F)c5)c4n3)cn2)CC1)NCCNc1cccc2c1C(=O)N(C1CCC(=O)NC1=O)C2=O. The Morgan fingerprint density at radius 3 is 2.39 bits per heavy atom. The number of rotatable bonds is 12. The lowest BCUT2D eigenvalue weighted by molar-refractivity contribution is -0.136. The highest BCUT2D eigenvalue weighted by molar-refractivity contribution is 6.25. The number of ether oxygens (including phenoxy) is 1. The Hall–Kier alpha value is -6.50. The minimum absolute atomic E-state index is 0.0327. The number of fused-ring (bicyclic) bond motifs is 2. The molecule has 62 heavy (non-hydrogen) atoms. The number of carbonyl (C=O) groups is 5. The van der Waals surface area contributed by atoms with E-state index in [1.807, 2.05) is 21.8 Å². The van der Waals surface area contributed by atoms with Crippen molar-refractivity contribution in [2.75, 3.05) is 64.3 Å². The molecule has 320 valence electrons. The Balaban J connectivity index is 0.770. The number of likely N-dealkylation sites (tertiary alicyclic amines) is 1. The van der Waals surface area contributed by atoms with E-state index in [1.165, 1.54) is 18.2 Å². The zero-order valence-electron chi connectivity index (χ0n) is 33.7. The molecule has 1 atom stereocenters. The fourth-order valence-corrected chi connectivity index (χ4v) is 8.63. The summed E-state index contributed by atoms with van der Waals surface area (Å²) in [6, 6.07) is 12.0. The van der Waals surface area contributed by atoms with Gasteiger partial charge in [-0.05, 0) is 55.2 Å². The zero-order chi connectivity index (χ0) is 42.9. The smallest absolute Gasteiger partial charge is 0.264 e. The third kappa shape index (κ3) is 8.27. The average molecular weight is 847 g/mol. The summed E-state index contributed by atoms with van der Waals surface area (Å²) < 4.78 is 38.1. The van der Waals surface area contributed by atoms with Crippen molar-refractivity contribution in [2.45, 2.75) is 44.3 Å². The molecule has 3 fully saturated rings. The van der Waals surface area contributed by atoms with Crippen LogP contribution in [0.25, 0.3) is 33.4 Å². The maximum Gasteiger partial charge on any atom is 0.264 e. The van der Waals surface area contributed by atoms with Gasteiger partial charge in [-0.3, -0.25) is 53.7 Å². The van der Waals surface area contributed by atoms with E-state index in [-0.39, 0.29) is 67.7 Å². The molecule has 3 N–H and O–H groups in total. The molecule has 2 aromatic heterocycles. The molecule has 9 rings (SSSR count). The molecule has 3 aromatic carbocycles. The Bertz CT molecular complexity index is 2570. The second kappa shape index (κ2) is 17.5. The molecular formula is C44H44F2N10O6. The minimum atomic E-state index is -1.06. The van der Waals surface area contributed by atoms with Gasteiger partial charge in [-0.1, -0.05) is 18.2 Å². The third-order valence-electron chi connectivity index (χ3n) is 11.9.